The first-order chi connectivity index (χ1) is 14.0. The van der Waals surface area contributed by atoms with Crippen LogP contribution in [0.15, 0.2) is 41.4 Å². The SMILES string of the molecule is CC1CCN(S(=O)(=O)c2cc(C(=O)Nc3ccc(OC(F)(F)F)cc3)n(C)c2)CC1. The van der Waals surface area contributed by atoms with Gasteiger partial charge in [0.05, 0.1) is 0 Å². The van der Waals surface area contributed by atoms with Crippen molar-refractivity contribution in [3.63, 3.8) is 0 Å². The van der Waals surface area contributed by atoms with Gasteiger partial charge in [0.2, 0.25) is 10.0 Å². The zero-order chi connectivity index (χ0) is 22.1. The van der Waals surface area contributed by atoms with E-state index in [9.17, 15) is 26.4 Å². The second-order valence-corrected chi connectivity index (χ2v) is 9.22. The number of piperidine rings is 1. The molecule has 3 rings (SSSR count). The predicted molar refractivity (Wildman–Crippen MR) is 104 cm³/mol. The maximum atomic E-state index is 12.9. The van der Waals surface area contributed by atoms with Gasteiger partial charge >= 0.3 is 6.36 Å². The number of aryl methyl sites for hydroxylation is 1. The highest BCUT2D eigenvalue weighted by Crippen LogP contribution is 2.26. The van der Waals surface area contributed by atoms with Gasteiger partial charge < -0.3 is 14.6 Å². The monoisotopic (exact) mass is 445 g/mol. The number of benzene rings is 1. The Hall–Kier alpha value is -2.53. The zero-order valence-electron chi connectivity index (χ0n) is 16.4. The summed E-state index contributed by atoms with van der Waals surface area (Å²) in [5.74, 6) is -0.527. The van der Waals surface area contributed by atoms with Crippen LogP contribution in [0.25, 0.3) is 0 Å². The minimum atomic E-state index is -4.80. The summed E-state index contributed by atoms with van der Waals surface area (Å²) >= 11 is 0. The normalized spacial score (nSPS) is 16.4. The molecule has 0 spiro atoms. The summed E-state index contributed by atoms with van der Waals surface area (Å²) in [4.78, 5) is 12.6. The number of amides is 1. The fourth-order valence-electron chi connectivity index (χ4n) is 3.21. The molecule has 30 heavy (non-hydrogen) atoms. The van der Waals surface area contributed by atoms with Crippen LogP contribution in [0.4, 0.5) is 18.9 Å². The van der Waals surface area contributed by atoms with Gasteiger partial charge in [-0.25, -0.2) is 8.42 Å². The topological polar surface area (TPSA) is 80.6 Å². The molecule has 2 aromatic rings. The highest BCUT2D eigenvalue weighted by molar-refractivity contribution is 7.89. The van der Waals surface area contributed by atoms with Crippen LogP contribution in [-0.2, 0) is 17.1 Å². The Balaban J connectivity index is 1.72. The van der Waals surface area contributed by atoms with Crippen LogP contribution in [0.2, 0.25) is 0 Å². The molecule has 1 aromatic heterocycles. The number of aromatic nitrogens is 1. The van der Waals surface area contributed by atoms with Gasteiger partial charge in [-0.2, -0.15) is 4.31 Å². The van der Waals surface area contributed by atoms with Crippen molar-refractivity contribution in [1.82, 2.24) is 8.87 Å². The molecule has 164 valence electrons. The van der Waals surface area contributed by atoms with Crippen molar-refractivity contribution in [2.24, 2.45) is 13.0 Å². The first-order valence-corrected chi connectivity index (χ1v) is 10.7. The maximum absolute atomic E-state index is 12.9. The summed E-state index contributed by atoms with van der Waals surface area (Å²) in [6, 6.07) is 5.95. The van der Waals surface area contributed by atoms with Gasteiger partial charge in [-0.1, -0.05) is 6.92 Å². The first kappa shape index (κ1) is 22.2. The summed E-state index contributed by atoms with van der Waals surface area (Å²) < 4.78 is 69.0. The van der Waals surface area contributed by atoms with Crippen molar-refractivity contribution in [2.45, 2.75) is 31.0 Å². The van der Waals surface area contributed by atoms with Gasteiger partial charge in [0.15, 0.2) is 0 Å². The summed E-state index contributed by atoms with van der Waals surface area (Å²) in [5, 5.41) is 2.53. The Morgan fingerprint density at radius 1 is 1.17 bits per heavy atom. The first-order valence-electron chi connectivity index (χ1n) is 9.29. The number of sulfonamides is 1. The molecule has 1 amide bonds. The van der Waals surface area contributed by atoms with E-state index in [0.717, 1.165) is 25.0 Å². The molecule has 1 fully saturated rings. The third-order valence-corrected chi connectivity index (χ3v) is 6.80. The summed E-state index contributed by atoms with van der Waals surface area (Å²) in [6.07, 6.45) is -1.86. The minimum absolute atomic E-state index is 0.0265. The molecule has 0 radical (unpaired) electrons. The van der Waals surface area contributed by atoms with E-state index < -0.39 is 28.0 Å². The molecule has 1 aromatic carbocycles. The Morgan fingerprint density at radius 3 is 2.33 bits per heavy atom. The lowest BCUT2D eigenvalue weighted by molar-refractivity contribution is -0.274. The fourth-order valence-corrected chi connectivity index (χ4v) is 4.75. The number of carbonyl (C=O) groups is 1. The quantitative estimate of drug-likeness (QED) is 0.763. The molecule has 0 unspecified atom stereocenters. The predicted octanol–water partition coefficient (Wildman–Crippen LogP) is 3.60. The van der Waals surface area contributed by atoms with Crippen LogP contribution in [0, 0.1) is 5.92 Å². The highest BCUT2D eigenvalue weighted by atomic mass is 32.2. The summed E-state index contributed by atoms with van der Waals surface area (Å²) in [5.41, 5.74) is 0.347. The fraction of sp³-hybridized carbons (Fsp3) is 0.421. The van der Waals surface area contributed by atoms with E-state index in [0.29, 0.717) is 19.0 Å². The number of hydrogen-bond acceptors (Lipinski definition) is 4. The number of anilines is 1. The summed E-state index contributed by atoms with van der Waals surface area (Å²) in [6.45, 7) is 2.95. The lowest BCUT2D eigenvalue weighted by atomic mass is 10.0. The van der Waals surface area contributed by atoms with Crippen LogP contribution < -0.4 is 10.1 Å². The minimum Gasteiger partial charge on any atom is -0.406 e. The largest absolute Gasteiger partial charge is 0.573 e. The van der Waals surface area contributed by atoms with E-state index in [1.165, 1.54) is 33.3 Å². The molecule has 7 nitrogen and oxygen atoms in total. The van der Waals surface area contributed by atoms with Crippen molar-refractivity contribution in [2.75, 3.05) is 18.4 Å². The van der Waals surface area contributed by atoms with Crippen LogP contribution in [0.3, 0.4) is 0 Å². The van der Waals surface area contributed by atoms with E-state index in [1.807, 2.05) is 0 Å². The number of hydrogen-bond donors (Lipinski definition) is 1. The lowest BCUT2D eigenvalue weighted by Gasteiger charge is -2.29. The third kappa shape index (κ3) is 5.14. The zero-order valence-corrected chi connectivity index (χ0v) is 17.3. The van der Waals surface area contributed by atoms with Gasteiger partial charge in [-0.15, -0.1) is 13.2 Å². The van der Waals surface area contributed by atoms with Gasteiger partial charge in [0.25, 0.3) is 5.91 Å². The average molecular weight is 445 g/mol. The lowest BCUT2D eigenvalue weighted by Crippen LogP contribution is -2.37. The number of nitrogens with one attached hydrogen (secondary N) is 1. The van der Waals surface area contributed by atoms with E-state index in [-0.39, 0.29) is 16.3 Å². The van der Waals surface area contributed by atoms with E-state index in [2.05, 4.69) is 17.0 Å². The molecule has 1 aliphatic rings. The van der Waals surface area contributed by atoms with Gasteiger partial charge in [-0.05, 0) is 49.1 Å². The Labute approximate surface area is 172 Å². The van der Waals surface area contributed by atoms with Crippen molar-refractivity contribution in [3.8, 4) is 5.75 Å². The highest BCUT2D eigenvalue weighted by Gasteiger charge is 2.31. The van der Waals surface area contributed by atoms with Crippen LogP contribution in [0.1, 0.15) is 30.3 Å². The maximum Gasteiger partial charge on any atom is 0.573 e. The number of halogens is 3. The Morgan fingerprint density at radius 2 is 1.77 bits per heavy atom. The Bertz CT molecular complexity index is 1010. The van der Waals surface area contributed by atoms with Gasteiger partial charge in [0.1, 0.15) is 16.3 Å². The second kappa shape index (κ2) is 8.31. The van der Waals surface area contributed by atoms with Crippen molar-refractivity contribution < 1.29 is 31.1 Å². The van der Waals surface area contributed by atoms with E-state index >= 15 is 0 Å². The van der Waals surface area contributed by atoms with E-state index in [4.69, 9.17) is 0 Å². The van der Waals surface area contributed by atoms with Gasteiger partial charge in [-0.3, -0.25) is 4.79 Å². The molecular weight excluding hydrogens is 423 g/mol. The number of rotatable bonds is 5. The molecular formula is C19H22F3N3O4S. The average Bonchev–Trinajstić information content (AvgIpc) is 3.05. The number of ether oxygens (including phenoxy) is 1. The van der Waals surface area contributed by atoms with Crippen LogP contribution in [0.5, 0.6) is 5.75 Å². The molecule has 2 heterocycles. The van der Waals surface area contributed by atoms with Crippen LogP contribution in [-0.4, -0.2) is 42.6 Å². The number of carbonyl (C=O) groups excluding carboxylic acids is 1. The standard InChI is InChI=1S/C19H22F3N3O4S/c1-13-7-9-25(10-8-13)30(27,28)16-11-17(24(2)12-16)18(26)23-14-3-5-15(6-4-14)29-19(20,21)22/h3-6,11-13H,7-10H2,1-2H3,(H,23,26). The number of nitrogens with zero attached hydrogens (tertiary/aromatic N) is 2. The van der Waals surface area contributed by atoms with Gasteiger partial charge in [0, 0.05) is 32.0 Å². The molecule has 0 saturated carbocycles. The molecule has 1 N–H and O–H groups in total. The number of alkyl halides is 3. The van der Waals surface area contributed by atoms with E-state index in [1.54, 1.807) is 7.05 Å². The molecule has 0 aliphatic carbocycles. The molecule has 0 bridgehead atoms. The molecule has 1 saturated heterocycles. The second-order valence-electron chi connectivity index (χ2n) is 7.28. The third-order valence-electron chi connectivity index (χ3n) is 4.94. The smallest absolute Gasteiger partial charge is 0.406 e. The Kier molecular flexibility index (Phi) is 6.14. The van der Waals surface area contributed by atoms with Crippen LogP contribution >= 0.6 is 0 Å². The molecule has 1 aliphatic heterocycles. The van der Waals surface area contributed by atoms with Crippen molar-refractivity contribution in [1.29, 1.82) is 0 Å². The van der Waals surface area contributed by atoms with Crippen molar-refractivity contribution in [3.05, 3.63) is 42.2 Å². The molecule has 0 atom stereocenters. The summed E-state index contributed by atoms with van der Waals surface area (Å²) in [7, 11) is -2.16. The van der Waals surface area contributed by atoms with Crippen molar-refractivity contribution >= 4 is 21.6 Å². The molecule has 11 heteroatoms.